The maximum absolute atomic E-state index is 14.9. The molecule has 0 N–H and O–H groups in total. The number of ether oxygens (including phenoxy) is 2. The molecule has 23 heavy (non-hydrogen) atoms. The maximum atomic E-state index is 14.9. The van der Waals surface area contributed by atoms with Crippen molar-refractivity contribution in [2.45, 2.75) is 37.2 Å². The number of halogens is 1. The Labute approximate surface area is 134 Å². The van der Waals surface area contributed by atoms with Gasteiger partial charge in [-0.15, -0.1) is 0 Å². The Hall–Kier alpha value is -1.95. The van der Waals surface area contributed by atoms with E-state index < -0.39 is 30.1 Å². The highest BCUT2D eigenvalue weighted by Gasteiger charge is 2.56. The first-order chi connectivity index (χ1) is 11.0. The molecule has 0 aromatic heterocycles. The topological polar surface area (TPSA) is 55.8 Å². The summed E-state index contributed by atoms with van der Waals surface area (Å²) in [5.74, 6) is -1.95. The molecule has 124 valence electrons. The average molecular weight is 321 g/mol. The summed E-state index contributed by atoms with van der Waals surface area (Å²) in [6, 6.07) is 7.92. The Kier molecular flexibility index (Phi) is 4.35. The normalized spacial score (nSPS) is 33.3. The second-order valence-electron chi connectivity index (χ2n) is 6.11. The third-order valence-electron chi connectivity index (χ3n) is 4.98. The van der Waals surface area contributed by atoms with Crippen molar-refractivity contribution < 1.29 is 23.5 Å². The summed E-state index contributed by atoms with van der Waals surface area (Å²) in [6.07, 6.45) is -1.17. The monoisotopic (exact) mass is 321 g/mol. The second-order valence-corrected chi connectivity index (χ2v) is 6.11. The van der Waals surface area contributed by atoms with Gasteiger partial charge in [0.1, 0.15) is 12.0 Å². The van der Waals surface area contributed by atoms with Crippen LogP contribution in [0.5, 0.6) is 0 Å². The van der Waals surface area contributed by atoms with E-state index in [9.17, 15) is 14.0 Å². The molecule has 1 aromatic carbocycles. The van der Waals surface area contributed by atoms with Gasteiger partial charge in [0.05, 0.1) is 12.7 Å². The van der Waals surface area contributed by atoms with E-state index in [1.54, 1.807) is 37.4 Å². The van der Waals surface area contributed by atoms with Gasteiger partial charge in [-0.25, -0.2) is 9.18 Å². The van der Waals surface area contributed by atoms with E-state index in [1.807, 2.05) is 4.90 Å². The summed E-state index contributed by atoms with van der Waals surface area (Å²) in [6.45, 7) is 0. The lowest BCUT2D eigenvalue weighted by Crippen LogP contribution is -2.59. The predicted molar refractivity (Wildman–Crippen MR) is 80.6 cm³/mol. The maximum Gasteiger partial charge on any atom is 0.338 e. The Bertz CT molecular complexity index is 594. The van der Waals surface area contributed by atoms with Gasteiger partial charge in [0, 0.05) is 12.1 Å². The molecule has 0 amide bonds. The minimum atomic E-state index is -1.41. The Morgan fingerprint density at radius 2 is 1.83 bits per heavy atom. The van der Waals surface area contributed by atoms with Crippen LogP contribution in [0.25, 0.3) is 0 Å². The number of hydrogen-bond acceptors (Lipinski definition) is 5. The molecule has 0 saturated carbocycles. The molecule has 3 rings (SSSR count). The fourth-order valence-corrected chi connectivity index (χ4v) is 3.78. The summed E-state index contributed by atoms with van der Waals surface area (Å²) >= 11 is 0. The standard InChI is InChI=1S/C17H20FNO4/c1-19-11-8-9-12(19)14(18)15(13(11)17(21)22-2)23-16(20)10-6-4-3-5-7-10/h3-7,11-15H,8-9H2,1-2H3/t11-,12+,13+,14?,15-/m0/s1. The van der Waals surface area contributed by atoms with E-state index in [4.69, 9.17) is 9.47 Å². The van der Waals surface area contributed by atoms with E-state index in [2.05, 4.69) is 0 Å². The van der Waals surface area contributed by atoms with Gasteiger partial charge in [0.15, 0.2) is 6.17 Å². The van der Waals surface area contributed by atoms with E-state index in [0.717, 1.165) is 0 Å². The van der Waals surface area contributed by atoms with Gasteiger partial charge in [-0.05, 0) is 32.0 Å². The zero-order valence-corrected chi connectivity index (χ0v) is 13.1. The second kappa shape index (κ2) is 6.28. The van der Waals surface area contributed by atoms with Crippen LogP contribution in [0, 0.1) is 5.92 Å². The molecule has 2 aliphatic rings. The Balaban J connectivity index is 1.86. The fourth-order valence-electron chi connectivity index (χ4n) is 3.78. The lowest BCUT2D eigenvalue weighted by atomic mass is 9.86. The molecule has 0 aliphatic carbocycles. The number of esters is 2. The molecule has 1 aromatic rings. The number of nitrogens with zero attached hydrogens (tertiary/aromatic N) is 1. The largest absolute Gasteiger partial charge is 0.469 e. The van der Waals surface area contributed by atoms with Crippen molar-refractivity contribution >= 4 is 11.9 Å². The van der Waals surface area contributed by atoms with E-state index in [-0.39, 0.29) is 12.1 Å². The number of carbonyl (C=O) groups excluding carboxylic acids is 2. The summed E-state index contributed by atoms with van der Waals surface area (Å²) in [7, 11) is 3.08. The first kappa shape index (κ1) is 15.9. The number of alkyl halides is 1. The van der Waals surface area contributed by atoms with Crippen LogP contribution in [-0.4, -0.2) is 55.4 Å². The van der Waals surface area contributed by atoms with Gasteiger partial charge < -0.3 is 9.47 Å². The lowest BCUT2D eigenvalue weighted by Gasteiger charge is -2.42. The molecule has 2 saturated heterocycles. The summed E-state index contributed by atoms with van der Waals surface area (Å²) in [4.78, 5) is 26.3. The van der Waals surface area contributed by atoms with Crippen LogP contribution in [0.1, 0.15) is 23.2 Å². The van der Waals surface area contributed by atoms with Crippen molar-refractivity contribution in [1.82, 2.24) is 4.90 Å². The lowest BCUT2D eigenvalue weighted by molar-refractivity contribution is -0.161. The number of fused-ring (bicyclic) bond motifs is 2. The van der Waals surface area contributed by atoms with Gasteiger partial charge in [-0.3, -0.25) is 9.69 Å². The Morgan fingerprint density at radius 3 is 2.48 bits per heavy atom. The van der Waals surface area contributed by atoms with Crippen LogP contribution in [0.15, 0.2) is 30.3 Å². The van der Waals surface area contributed by atoms with Crippen molar-refractivity contribution in [3.8, 4) is 0 Å². The molecular weight excluding hydrogens is 301 g/mol. The number of rotatable bonds is 3. The Morgan fingerprint density at radius 1 is 1.17 bits per heavy atom. The third-order valence-corrected chi connectivity index (χ3v) is 4.98. The molecule has 0 spiro atoms. The molecular formula is C17H20FNO4. The number of piperidine rings is 1. The van der Waals surface area contributed by atoms with E-state index in [0.29, 0.717) is 18.4 Å². The predicted octanol–water partition coefficient (Wildman–Crippen LogP) is 1.82. The van der Waals surface area contributed by atoms with Crippen LogP contribution in [-0.2, 0) is 14.3 Å². The first-order valence-electron chi connectivity index (χ1n) is 7.74. The molecule has 5 atom stereocenters. The van der Waals surface area contributed by atoms with Crippen molar-refractivity contribution in [2.24, 2.45) is 5.92 Å². The van der Waals surface area contributed by atoms with Crippen molar-refractivity contribution in [1.29, 1.82) is 0 Å². The van der Waals surface area contributed by atoms with Crippen molar-refractivity contribution in [3.63, 3.8) is 0 Å². The number of carbonyl (C=O) groups is 2. The van der Waals surface area contributed by atoms with Gasteiger partial charge in [0.2, 0.25) is 0 Å². The molecule has 2 heterocycles. The van der Waals surface area contributed by atoms with Crippen LogP contribution in [0.2, 0.25) is 0 Å². The highest BCUT2D eigenvalue weighted by atomic mass is 19.1. The zero-order chi connectivity index (χ0) is 16.6. The molecule has 2 bridgehead atoms. The van der Waals surface area contributed by atoms with Crippen molar-refractivity contribution in [3.05, 3.63) is 35.9 Å². The number of hydrogen-bond donors (Lipinski definition) is 0. The molecule has 2 aliphatic heterocycles. The molecule has 2 fully saturated rings. The van der Waals surface area contributed by atoms with Gasteiger partial charge in [-0.1, -0.05) is 18.2 Å². The van der Waals surface area contributed by atoms with E-state index >= 15 is 0 Å². The van der Waals surface area contributed by atoms with Gasteiger partial charge >= 0.3 is 11.9 Å². The van der Waals surface area contributed by atoms with E-state index in [1.165, 1.54) is 7.11 Å². The van der Waals surface area contributed by atoms with Crippen molar-refractivity contribution in [2.75, 3.05) is 14.2 Å². The highest BCUT2D eigenvalue weighted by molar-refractivity contribution is 5.89. The number of methoxy groups -OCH3 is 1. The molecule has 6 heteroatoms. The molecule has 1 unspecified atom stereocenters. The number of benzene rings is 1. The summed E-state index contributed by atoms with van der Waals surface area (Å²) in [5, 5.41) is 0. The van der Waals surface area contributed by atoms with Crippen LogP contribution in [0.3, 0.4) is 0 Å². The molecule has 5 nitrogen and oxygen atoms in total. The zero-order valence-electron chi connectivity index (χ0n) is 13.1. The molecule has 0 radical (unpaired) electrons. The smallest absolute Gasteiger partial charge is 0.338 e. The minimum absolute atomic E-state index is 0.159. The minimum Gasteiger partial charge on any atom is -0.469 e. The van der Waals surface area contributed by atoms with Gasteiger partial charge in [0.25, 0.3) is 0 Å². The van der Waals surface area contributed by atoms with Gasteiger partial charge in [-0.2, -0.15) is 0 Å². The van der Waals surface area contributed by atoms with Crippen LogP contribution < -0.4 is 0 Å². The third kappa shape index (κ3) is 2.72. The van der Waals surface area contributed by atoms with Crippen LogP contribution >= 0.6 is 0 Å². The average Bonchev–Trinajstić information content (AvgIpc) is 2.87. The SMILES string of the molecule is COC(=O)[C@H]1[C@H](OC(=O)c2ccccc2)C(F)[C@H]2CC[C@@H]1N2C. The first-order valence-corrected chi connectivity index (χ1v) is 7.74. The summed E-state index contributed by atoms with van der Waals surface area (Å²) < 4.78 is 25.1. The van der Waals surface area contributed by atoms with Crippen LogP contribution in [0.4, 0.5) is 4.39 Å². The highest BCUT2D eigenvalue weighted by Crippen LogP contribution is 2.41. The quantitative estimate of drug-likeness (QED) is 0.795. The fraction of sp³-hybridized carbons (Fsp3) is 0.529. The summed E-state index contributed by atoms with van der Waals surface area (Å²) in [5.41, 5.74) is 0.342.